The van der Waals surface area contributed by atoms with Crippen LogP contribution in [0.1, 0.15) is 11.6 Å². The highest BCUT2D eigenvalue weighted by molar-refractivity contribution is 7.13. The standard InChI is InChI=1S/C7H8N4S/c1-4(9)5(2-8)6-3-12-7(10)11-6/h3,5H,1,9H2,(H2,10,11). The Labute approximate surface area is 74.1 Å². The van der Waals surface area contributed by atoms with Crippen LogP contribution < -0.4 is 11.5 Å². The van der Waals surface area contributed by atoms with Gasteiger partial charge in [-0.1, -0.05) is 6.58 Å². The molecule has 0 aliphatic carbocycles. The van der Waals surface area contributed by atoms with Crippen LogP contribution in [-0.4, -0.2) is 4.98 Å². The number of thiazole rings is 1. The molecule has 4 N–H and O–H groups in total. The molecule has 1 atom stereocenters. The first-order chi connectivity index (χ1) is 5.65. The van der Waals surface area contributed by atoms with E-state index in [0.717, 1.165) is 0 Å². The van der Waals surface area contributed by atoms with Crippen LogP contribution in [0.15, 0.2) is 17.7 Å². The molecule has 0 spiro atoms. The van der Waals surface area contributed by atoms with E-state index in [0.29, 0.717) is 16.5 Å². The van der Waals surface area contributed by atoms with E-state index in [1.165, 1.54) is 11.3 Å². The fraction of sp³-hybridized carbons (Fsp3) is 0.143. The molecular formula is C7H8N4S. The van der Waals surface area contributed by atoms with Crippen molar-refractivity contribution in [2.45, 2.75) is 5.92 Å². The predicted octanol–water partition coefficient (Wildman–Crippen LogP) is 0.805. The van der Waals surface area contributed by atoms with Gasteiger partial charge in [0.25, 0.3) is 0 Å². The van der Waals surface area contributed by atoms with Gasteiger partial charge in [0.1, 0.15) is 5.92 Å². The molecule has 0 saturated heterocycles. The van der Waals surface area contributed by atoms with E-state index in [9.17, 15) is 0 Å². The molecule has 0 aliphatic rings. The number of rotatable bonds is 2. The van der Waals surface area contributed by atoms with E-state index in [-0.39, 0.29) is 0 Å². The van der Waals surface area contributed by atoms with E-state index in [1.54, 1.807) is 5.38 Å². The lowest BCUT2D eigenvalue weighted by molar-refractivity contribution is 0.947. The first kappa shape index (κ1) is 8.56. The third kappa shape index (κ3) is 1.54. The van der Waals surface area contributed by atoms with Crippen LogP contribution in [-0.2, 0) is 0 Å². The fourth-order valence-corrected chi connectivity index (χ4v) is 1.36. The molecule has 0 saturated carbocycles. The highest BCUT2D eigenvalue weighted by atomic mass is 32.1. The number of nitriles is 1. The first-order valence-electron chi connectivity index (χ1n) is 3.20. The van der Waals surface area contributed by atoms with Crippen LogP contribution in [0.2, 0.25) is 0 Å². The molecule has 12 heavy (non-hydrogen) atoms. The van der Waals surface area contributed by atoms with E-state index in [2.05, 4.69) is 11.6 Å². The predicted molar refractivity (Wildman–Crippen MR) is 48.2 cm³/mol. The minimum absolute atomic E-state index is 0.294. The molecular weight excluding hydrogens is 172 g/mol. The van der Waals surface area contributed by atoms with Crippen LogP contribution in [0.4, 0.5) is 5.13 Å². The van der Waals surface area contributed by atoms with Gasteiger partial charge in [-0.2, -0.15) is 5.26 Å². The van der Waals surface area contributed by atoms with Crippen molar-refractivity contribution in [3.05, 3.63) is 23.3 Å². The van der Waals surface area contributed by atoms with Gasteiger partial charge in [-0.25, -0.2) is 4.98 Å². The zero-order chi connectivity index (χ0) is 9.14. The van der Waals surface area contributed by atoms with Crippen molar-refractivity contribution in [2.24, 2.45) is 5.73 Å². The summed E-state index contributed by atoms with van der Waals surface area (Å²) in [6.45, 7) is 3.49. The average Bonchev–Trinajstić information content (AvgIpc) is 2.37. The molecule has 62 valence electrons. The maximum Gasteiger partial charge on any atom is 0.180 e. The Hall–Kier alpha value is -1.54. The normalized spacial score (nSPS) is 11.9. The number of aromatic nitrogens is 1. The van der Waals surface area contributed by atoms with E-state index < -0.39 is 5.92 Å². The topological polar surface area (TPSA) is 88.7 Å². The summed E-state index contributed by atoms with van der Waals surface area (Å²) in [5, 5.41) is 10.8. The quantitative estimate of drug-likeness (QED) is 0.704. The minimum Gasteiger partial charge on any atom is -0.401 e. The molecule has 0 fully saturated rings. The molecule has 0 radical (unpaired) electrons. The molecule has 0 bridgehead atoms. The lowest BCUT2D eigenvalue weighted by atomic mass is 10.1. The molecule has 0 aliphatic heterocycles. The van der Waals surface area contributed by atoms with E-state index in [1.807, 2.05) is 6.07 Å². The molecule has 1 rings (SSSR count). The maximum absolute atomic E-state index is 8.69. The van der Waals surface area contributed by atoms with E-state index >= 15 is 0 Å². The van der Waals surface area contributed by atoms with E-state index in [4.69, 9.17) is 16.7 Å². The van der Waals surface area contributed by atoms with Crippen LogP contribution >= 0.6 is 11.3 Å². The maximum atomic E-state index is 8.69. The number of anilines is 1. The number of nitrogens with two attached hydrogens (primary N) is 2. The summed E-state index contributed by atoms with van der Waals surface area (Å²) in [6, 6.07) is 2.00. The number of hydrogen-bond acceptors (Lipinski definition) is 5. The van der Waals surface area contributed by atoms with Crippen LogP contribution in [0.5, 0.6) is 0 Å². The summed E-state index contributed by atoms with van der Waals surface area (Å²) in [4.78, 5) is 3.94. The molecule has 5 heteroatoms. The van der Waals surface area contributed by atoms with Gasteiger partial charge in [0.15, 0.2) is 5.13 Å². The van der Waals surface area contributed by atoms with Crippen molar-refractivity contribution >= 4 is 16.5 Å². The summed E-state index contributed by atoms with van der Waals surface area (Å²) >= 11 is 1.28. The van der Waals surface area contributed by atoms with Gasteiger partial charge >= 0.3 is 0 Å². The van der Waals surface area contributed by atoms with Crippen molar-refractivity contribution in [3.8, 4) is 6.07 Å². The van der Waals surface area contributed by atoms with Gasteiger partial charge in [-0.15, -0.1) is 11.3 Å². The van der Waals surface area contributed by atoms with Crippen molar-refractivity contribution in [1.82, 2.24) is 4.98 Å². The van der Waals surface area contributed by atoms with Crippen LogP contribution in [0, 0.1) is 11.3 Å². The zero-order valence-electron chi connectivity index (χ0n) is 6.32. The van der Waals surface area contributed by atoms with Gasteiger partial charge in [0.05, 0.1) is 11.8 Å². The molecule has 1 unspecified atom stereocenters. The number of hydrogen-bond donors (Lipinski definition) is 2. The second kappa shape index (κ2) is 3.24. The van der Waals surface area contributed by atoms with Gasteiger partial charge in [0.2, 0.25) is 0 Å². The van der Waals surface area contributed by atoms with Crippen molar-refractivity contribution in [1.29, 1.82) is 5.26 Å². The molecule has 4 nitrogen and oxygen atoms in total. The Morgan fingerprint density at radius 2 is 2.50 bits per heavy atom. The lowest BCUT2D eigenvalue weighted by Gasteiger charge is -2.02. The molecule has 0 aromatic carbocycles. The molecule has 1 heterocycles. The molecule has 0 amide bonds. The van der Waals surface area contributed by atoms with Crippen molar-refractivity contribution in [2.75, 3.05) is 5.73 Å². The third-order valence-electron chi connectivity index (χ3n) is 1.34. The Kier molecular flexibility index (Phi) is 2.31. The third-order valence-corrected chi connectivity index (χ3v) is 2.03. The van der Waals surface area contributed by atoms with Gasteiger partial charge in [-0.05, 0) is 0 Å². The summed E-state index contributed by atoms with van der Waals surface area (Å²) in [6.07, 6.45) is 0. The fourth-order valence-electron chi connectivity index (χ4n) is 0.772. The van der Waals surface area contributed by atoms with Crippen molar-refractivity contribution < 1.29 is 0 Å². The number of allylic oxidation sites excluding steroid dienone is 1. The largest absolute Gasteiger partial charge is 0.401 e. The van der Waals surface area contributed by atoms with Crippen molar-refractivity contribution in [3.63, 3.8) is 0 Å². The average molecular weight is 180 g/mol. The summed E-state index contributed by atoms with van der Waals surface area (Å²) < 4.78 is 0. The lowest BCUT2D eigenvalue weighted by Crippen LogP contribution is -2.07. The Balaban J connectivity index is 2.97. The number of nitrogens with zero attached hydrogens (tertiary/aromatic N) is 2. The second-order valence-corrected chi connectivity index (χ2v) is 3.14. The SMILES string of the molecule is C=C(N)C(C#N)c1csc(N)n1. The first-order valence-corrected chi connectivity index (χ1v) is 4.08. The summed E-state index contributed by atoms with van der Waals surface area (Å²) in [7, 11) is 0. The summed E-state index contributed by atoms with van der Waals surface area (Å²) in [5.74, 6) is -0.543. The number of nitrogen functional groups attached to an aromatic ring is 1. The Bertz CT molecular complexity index is 335. The molecule has 1 aromatic rings. The smallest absolute Gasteiger partial charge is 0.180 e. The highest BCUT2D eigenvalue weighted by Gasteiger charge is 2.14. The summed E-state index contributed by atoms with van der Waals surface area (Å²) in [5.41, 5.74) is 11.7. The second-order valence-electron chi connectivity index (χ2n) is 2.25. The Morgan fingerprint density at radius 3 is 2.83 bits per heavy atom. The van der Waals surface area contributed by atoms with Crippen LogP contribution in [0.25, 0.3) is 0 Å². The van der Waals surface area contributed by atoms with Crippen LogP contribution in [0.3, 0.4) is 0 Å². The minimum atomic E-state index is -0.543. The monoisotopic (exact) mass is 180 g/mol. The molecule has 1 aromatic heterocycles. The zero-order valence-corrected chi connectivity index (χ0v) is 7.14. The Morgan fingerprint density at radius 1 is 1.83 bits per heavy atom. The van der Waals surface area contributed by atoms with Gasteiger partial charge < -0.3 is 11.5 Å². The highest BCUT2D eigenvalue weighted by Crippen LogP contribution is 2.22. The van der Waals surface area contributed by atoms with Gasteiger partial charge in [0, 0.05) is 11.1 Å². The van der Waals surface area contributed by atoms with Gasteiger partial charge in [-0.3, -0.25) is 0 Å².